The van der Waals surface area contributed by atoms with Crippen LogP contribution in [0.2, 0.25) is 0 Å². The summed E-state index contributed by atoms with van der Waals surface area (Å²) in [5, 5.41) is 2.10. The van der Waals surface area contributed by atoms with Gasteiger partial charge in [-0.05, 0) is 43.2 Å². The van der Waals surface area contributed by atoms with Gasteiger partial charge in [0.1, 0.15) is 12.4 Å². The number of alkyl halides is 6. The van der Waals surface area contributed by atoms with Crippen LogP contribution in [0.1, 0.15) is 34.3 Å². The van der Waals surface area contributed by atoms with Crippen molar-refractivity contribution in [2.75, 3.05) is 18.5 Å². The molecule has 1 aliphatic rings. The quantitative estimate of drug-likeness (QED) is 0.631. The van der Waals surface area contributed by atoms with Gasteiger partial charge >= 0.3 is 12.4 Å². The summed E-state index contributed by atoms with van der Waals surface area (Å²) in [5.74, 6) is -0.751. The van der Waals surface area contributed by atoms with Gasteiger partial charge in [0.05, 0.1) is 22.8 Å². The van der Waals surface area contributed by atoms with Crippen molar-refractivity contribution in [3.8, 4) is 5.75 Å². The highest BCUT2D eigenvalue weighted by atomic mass is 19.4. The second-order valence-corrected chi connectivity index (χ2v) is 6.69. The Morgan fingerprint density at radius 2 is 1.67 bits per heavy atom. The molecule has 1 atom stereocenters. The molecule has 0 spiro atoms. The Hall–Kier alpha value is -2.75. The number of amides is 1. The number of carbonyl (C=O) groups is 1. The molecule has 1 fully saturated rings. The number of benzene rings is 2. The molecular weight excluding hydrogens is 416 g/mol. The van der Waals surface area contributed by atoms with Crippen molar-refractivity contribution < 1.29 is 40.6 Å². The third kappa shape index (κ3) is 5.44. The van der Waals surface area contributed by atoms with Gasteiger partial charge in [-0.1, -0.05) is 12.1 Å². The van der Waals surface area contributed by atoms with E-state index in [4.69, 9.17) is 9.47 Å². The summed E-state index contributed by atoms with van der Waals surface area (Å²) in [4.78, 5) is 12.6. The second kappa shape index (κ2) is 8.55. The van der Waals surface area contributed by atoms with Gasteiger partial charge in [-0.3, -0.25) is 4.79 Å². The molecule has 0 bridgehead atoms. The van der Waals surface area contributed by atoms with Crippen LogP contribution in [0.4, 0.5) is 32.0 Å². The zero-order valence-electron chi connectivity index (χ0n) is 15.4. The summed E-state index contributed by atoms with van der Waals surface area (Å²) in [6.45, 7) is 0.777. The lowest BCUT2D eigenvalue weighted by atomic mass is 10.1. The van der Waals surface area contributed by atoms with Crippen LogP contribution in [0.15, 0.2) is 42.5 Å². The summed E-state index contributed by atoms with van der Waals surface area (Å²) < 4.78 is 89.0. The lowest BCUT2D eigenvalue weighted by Crippen LogP contribution is -2.19. The Morgan fingerprint density at radius 3 is 2.23 bits per heavy atom. The lowest BCUT2D eigenvalue weighted by Gasteiger charge is -2.16. The van der Waals surface area contributed by atoms with Crippen LogP contribution in [0.3, 0.4) is 0 Å². The van der Waals surface area contributed by atoms with Crippen LogP contribution in [0.25, 0.3) is 0 Å². The van der Waals surface area contributed by atoms with Crippen LogP contribution in [0, 0.1) is 0 Å². The monoisotopic (exact) mass is 433 g/mol. The fourth-order valence-corrected chi connectivity index (χ4v) is 2.96. The summed E-state index contributed by atoms with van der Waals surface area (Å²) in [5.41, 5.74) is -3.69. The predicted octanol–water partition coefficient (Wildman–Crippen LogP) is 5.53. The fourth-order valence-electron chi connectivity index (χ4n) is 2.96. The van der Waals surface area contributed by atoms with Gasteiger partial charge in [-0.25, -0.2) is 0 Å². The molecule has 4 nitrogen and oxygen atoms in total. The molecule has 0 aromatic heterocycles. The SMILES string of the molecule is O=C(Nc1cc(C(F)(F)F)cc(C(F)(F)F)c1)c1ccccc1OCC1CCCO1. The van der Waals surface area contributed by atoms with Gasteiger partial charge < -0.3 is 14.8 Å². The number of para-hydroxylation sites is 1. The van der Waals surface area contributed by atoms with Crippen LogP contribution >= 0.6 is 0 Å². The number of rotatable bonds is 5. The van der Waals surface area contributed by atoms with E-state index in [1.165, 1.54) is 18.2 Å². The summed E-state index contributed by atoms with van der Waals surface area (Å²) in [6.07, 6.45) is -8.49. The topological polar surface area (TPSA) is 47.6 Å². The van der Waals surface area contributed by atoms with Crippen molar-refractivity contribution in [1.82, 2.24) is 0 Å². The lowest BCUT2D eigenvalue weighted by molar-refractivity contribution is -0.143. The standard InChI is InChI=1S/C20H17F6NO3/c21-19(22,23)12-8-13(20(24,25)26)10-14(9-12)27-18(28)16-5-1-2-6-17(16)30-11-15-4-3-7-29-15/h1-2,5-6,8-10,15H,3-4,7,11H2,(H,27,28). The molecule has 30 heavy (non-hydrogen) atoms. The van der Waals surface area contributed by atoms with E-state index < -0.39 is 35.1 Å². The number of hydrogen-bond donors (Lipinski definition) is 1. The number of hydrogen-bond acceptors (Lipinski definition) is 3. The summed E-state index contributed by atoms with van der Waals surface area (Å²) in [7, 11) is 0. The molecule has 0 aliphatic carbocycles. The van der Waals surface area contributed by atoms with Crippen molar-refractivity contribution in [3.63, 3.8) is 0 Å². The van der Waals surface area contributed by atoms with Gasteiger partial charge in [0.2, 0.25) is 0 Å². The molecule has 10 heteroatoms. The van der Waals surface area contributed by atoms with Crippen LogP contribution in [0.5, 0.6) is 5.75 Å². The number of nitrogens with one attached hydrogen (secondary N) is 1. The molecule has 0 radical (unpaired) electrons. The number of halogens is 6. The zero-order chi connectivity index (χ0) is 21.9. The van der Waals surface area contributed by atoms with Crippen molar-refractivity contribution >= 4 is 11.6 Å². The second-order valence-electron chi connectivity index (χ2n) is 6.69. The minimum absolute atomic E-state index is 0.00564. The third-order valence-electron chi connectivity index (χ3n) is 4.43. The first-order valence-corrected chi connectivity index (χ1v) is 8.98. The Morgan fingerprint density at radius 1 is 1.03 bits per heavy atom. The van der Waals surface area contributed by atoms with Crippen molar-refractivity contribution in [2.45, 2.75) is 31.3 Å². The molecule has 1 aliphatic heterocycles. The molecule has 1 saturated heterocycles. The summed E-state index contributed by atoms with van der Waals surface area (Å²) in [6, 6.07) is 6.82. The molecule has 162 valence electrons. The molecule has 1 heterocycles. The molecule has 1 amide bonds. The first kappa shape index (κ1) is 21.9. The first-order valence-electron chi connectivity index (χ1n) is 8.98. The Bertz CT molecular complexity index is 872. The van der Waals surface area contributed by atoms with Gasteiger partial charge in [0, 0.05) is 12.3 Å². The van der Waals surface area contributed by atoms with Crippen LogP contribution in [-0.4, -0.2) is 25.2 Å². The molecule has 0 saturated carbocycles. The largest absolute Gasteiger partial charge is 0.490 e. The van der Waals surface area contributed by atoms with E-state index in [1.54, 1.807) is 6.07 Å². The van der Waals surface area contributed by atoms with Crippen LogP contribution in [-0.2, 0) is 17.1 Å². The normalized spacial score (nSPS) is 17.1. The summed E-state index contributed by atoms with van der Waals surface area (Å²) >= 11 is 0. The fraction of sp³-hybridized carbons (Fsp3) is 0.350. The van der Waals surface area contributed by atoms with Crippen LogP contribution < -0.4 is 10.1 Å². The van der Waals surface area contributed by atoms with Gasteiger partial charge in [-0.2, -0.15) is 26.3 Å². The van der Waals surface area contributed by atoms with Crippen molar-refractivity contribution in [3.05, 3.63) is 59.2 Å². The Labute approximate surface area is 167 Å². The minimum atomic E-state index is -5.01. The average molecular weight is 433 g/mol. The molecule has 2 aromatic carbocycles. The van der Waals surface area contributed by atoms with E-state index in [-0.39, 0.29) is 30.1 Å². The molecule has 3 rings (SSSR count). The van der Waals surface area contributed by atoms with Gasteiger partial charge in [0.25, 0.3) is 5.91 Å². The number of carbonyl (C=O) groups excluding carboxylic acids is 1. The van der Waals surface area contributed by atoms with E-state index in [2.05, 4.69) is 5.32 Å². The van der Waals surface area contributed by atoms with E-state index in [0.717, 1.165) is 12.8 Å². The van der Waals surface area contributed by atoms with E-state index in [9.17, 15) is 31.1 Å². The number of anilines is 1. The highest BCUT2D eigenvalue weighted by Gasteiger charge is 2.37. The van der Waals surface area contributed by atoms with E-state index in [0.29, 0.717) is 18.7 Å². The zero-order valence-corrected chi connectivity index (χ0v) is 15.4. The molecular formula is C20H17F6NO3. The average Bonchev–Trinajstić information content (AvgIpc) is 3.18. The minimum Gasteiger partial charge on any atom is -0.490 e. The van der Waals surface area contributed by atoms with E-state index >= 15 is 0 Å². The predicted molar refractivity (Wildman–Crippen MR) is 95.3 cm³/mol. The number of ether oxygens (including phenoxy) is 2. The Balaban J connectivity index is 1.83. The molecule has 1 N–H and O–H groups in total. The van der Waals surface area contributed by atoms with Gasteiger partial charge in [-0.15, -0.1) is 0 Å². The van der Waals surface area contributed by atoms with Gasteiger partial charge in [0.15, 0.2) is 0 Å². The third-order valence-corrected chi connectivity index (χ3v) is 4.43. The van der Waals surface area contributed by atoms with Crippen molar-refractivity contribution in [1.29, 1.82) is 0 Å². The maximum Gasteiger partial charge on any atom is 0.416 e. The van der Waals surface area contributed by atoms with Crippen molar-refractivity contribution in [2.24, 2.45) is 0 Å². The smallest absolute Gasteiger partial charge is 0.416 e. The highest BCUT2D eigenvalue weighted by molar-refractivity contribution is 6.06. The molecule has 1 unspecified atom stereocenters. The maximum atomic E-state index is 13.0. The first-order chi connectivity index (χ1) is 14.0. The van der Waals surface area contributed by atoms with E-state index in [1.807, 2.05) is 0 Å². The Kier molecular flexibility index (Phi) is 6.25. The maximum absolute atomic E-state index is 13.0. The highest BCUT2D eigenvalue weighted by Crippen LogP contribution is 2.37. The molecule has 2 aromatic rings.